The lowest BCUT2D eigenvalue weighted by atomic mass is 10.1. The fourth-order valence-electron chi connectivity index (χ4n) is 3.74. The Balaban J connectivity index is 1.39. The van der Waals surface area contributed by atoms with Gasteiger partial charge in [0.05, 0.1) is 27.0 Å². The number of nitrogens with one attached hydrogen (secondary N) is 1. The van der Waals surface area contributed by atoms with Crippen LogP contribution in [0, 0.1) is 0 Å². The Morgan fingerprint density at radius 1 is 0.833 bits per heavy atom. The van der Waals surface area contributed by atoms with Gasteiger partial charge in [0.15, 0.2) is 17.1 Å². The number of rotatable bonds is 7. The van der Waals surface area contributed by atoms with Crippen LogP contribution in [0.3, 0.4) is 0 Å². The Kier molecular flexibility index (Phi) is 6.14. The van der Waals surface area contributed by atoms with Gasteiger partial charge in [-0.25, -0.2) is 0 Å². The number of anilines is 1. The predicted molar refractivity (Wildman–Crippen MR) is 134 cm³/mol. The van der Waals surface area contributed by atoms with Crippen LogP contribution in [0.5, 0.6) is 17.2 Å². The van der Waals surface area contributed by atoms with Crippen molar-refractivity contribution in [1.29, 1.82) is 0 Å². The number of carbonyl (C=O) groups excluding carboxylic acids is 1. The van der Waals surface area contributed by atoms with E-state index in [1.165, 1.54) is 21.3 Å². The van der Waals surface area contributed by atoms with Gasteiger partial charge in [0.1, 0.15) is 5.69 Å². The van der Waals surface area contributed by atoms with Gasteiger partial charge < -0.3 is 19.5 Å². The Hall–Kier alpha value is -4.99. The minimum Gasteiger partial charge on any atom is -0.493 e. The first-order valence-electron chi connectivity index (χ1n) is 11.0. The molecule has 0 fully saturated rings. The summed E-state index contributed by atoms with van der Waals surface area (Å²) in [5.41, 5.74) is 3.88. The number of amides is 1. The van der Waals surface area contributed by atoms with Gasteiger partial charge in [0.25, 0.3) is 5.91 Å². The van der Waals surface area contributed by atoms with Gasteiger partial charge in [-0.1, -0.05) is 18.2 Å². The maximum atomic E-state index is 12.9. The van der Waals surface area contributed by atoms with Crippen molar-refractivity contribution >= 4 is 17.2 Å². The number of pyridine rings is 1. The van der Waals surface area contributed by atoms with E-state index in [9.17, 15) is 4.79 Å². The molecule has 0 aliphatic carbocycles. The minimum absolute atomic E-state index is 0.314. The zero-order chi connectivity index (χ0) is 25.1. The molecule has 10 nitrogen and oxygen atoms in total. The first kappa shape index (κ1) is 22.8. The monoisotopic (exact) mass is 482 g/mol. The number of methoxy groups -OCH3 is 3. The van der Waals surface area contributed by atoms with Gasteiger partial charge in [0.2, 0.25) is 11.6 Å². The maximum absolute atomic E-state index is 12.9. The first-order chi connectivity index (χ1) is 17.6. The molecule has 0 saturated heterocycles. The average molecular weight is 483 g/mol. The van der Waals surface area contributed by atoms with E-state index < -0.39 is 0 Å². The van der Waals surface area contributed by atoms with Crippen molar-refractivity contribution < 1.29 is 19.0 Å². The summed E-state index contributed by atoms with van der Waals surface area (Å²) in [6.45, 7) is 0. The van der Waals surface area contributed by atoms with E-state index in [0.717, 1.165) is 11.3 Å². The van der Waals surface area contributed by atoms with Crippen LogP contribution in [0.25, 0.3) is 28.4 Å². The number of fused-ring (bicyclic) bond motifs is 1. The predicted octanol–water partition coefficient (Wildman–Crippen LogP) is 4.13. The van der Waals surface area contributed by atoms with Crippen LogP contribution in [0.1, 0.15) is 10.4 Å². The molecule has 10 heteroatoms. The number of aromatic nitrogens is 5. The summed E-state index contributed by atoms with van der Waals surface area (Å²) in [5, 5.41) is 16.0. The lowest BCUT2D eigenvalue weighted by molar-refractivity contribution is 0.102. The van der Waals surface area contributed by atoms with Crippen LogP contribution in [0.15, 0.2) is 72.9 Å². The largest absolute Gasteiger partial charge is 0.493 e. The molecule has 0 bridgehead atoms. The highest BCUT2D eigenvalue weighted by atomic mass is 16.5. The first-order valence-corrected chi connectivity index (χ1v) is 11.0. The molecular weight excluding hydrogens is 460 g/mol. The number of benzene rings is 2. The zero-order valence-electron chi connectivity index (χ0n) is 19.8. The standard InChI is InChI=1S/C26H22N6O4/c1-34-21-14-17(15-22(35-2)24(21)36-3)26(33)28-18-9-7-16(8-10-18)19-11-12-23-29-30-25(32(23)31-19)20-6-4-5-13-27-20/h4-15H,1-3H3,(H,28,33). The molecule has 5 rings (SSSR count). The number of nitrogens with zero attached hydrogens (tertiary/aromatic N) is 5. The Morgan fingerprint density at radius 3 is 2.22 bits per heavy atom. The van der Waals surface area contributed by atoms with Crippen molar-refractivity contribution in [2.24, 2.45) is 0 Å². The van der Waals surface area contributed by atoms with E-state index in [1.807, 2.05) is 54.6 Å². The molecule has 0 spiro atoms. The third-order valence-electron chi connectivity index (χ3n) is 5.52. The van der Waals surface area contributed by atoms with Crippen LogP contribution >= 0.6 is 0 Å². The molecule has 2 aromatic carbocycles. The van der Waals surface area contributed by atoms with E-state index in [-0.39, 0.29) is 5.91 Å². The van der Waals surface area contributed by atoms with Crippen molar-refractivity contribution in [2.75, 3.05) is 26.6 Å². The molecular formula is C26H22N6O4. The molecule has 180 valence electrons. The van der Waals surface area contributed by atoms with Gasteiger partial charge in [-0.05, 0) is 48.5 Å². The van der Waals surface area contributed by atoms with Crippen molar-refractivity contribution in [3.05, 3.63) is 78.5 Å². The molecule has 0 atom stereocenters. The molecule has 5 aromatic rings. The van der Waals surface area contributed by atoms with Crippen LogP contribution in [-0.2, 0) is 0 Å². The molecule has 3 heterocycles. The Bertz CT molecular complexity index is 1510. The van der Waals surface area contributed by atoms with Gasteiger partial charge in [-0.2, -0.15) is 9.61 Å². The quantitative estimate of drug-likeness (QED) is 0.368. The van der Waals surface area contributed by atoms with E-state index in [4.69, 9.17) is 19.3 Å². The Morgan fingerprint density at radius 2 is 1.58 bits per heavy atom. The highest BCUT2D eigenvalue weighted by Gasteiger charge is 2.17. The summed E-state index contributed by atoms with van der Waals surface area (Å²) in [7, 11) is 4.52. The smallest absolute Gasteiger partial charge is 0.255 e. The van der Waals surface area contributed by atoms with Gasteiger partial charge in [0, 0.05) is 23.0 Å². The second-order valence-corrected chi connectivity index (χ2v) is 7.67. The number of ether oxygens (including phenoxy) is 3. The molecule has 0 aliphatic heterocycles. The van der Waals surface area contributed by atoms with Gasteiger partial charge in [-0.15, -0.1) is 10.2 Å². The Labute approximate surface area is 206 Å². The molecule has 1 amide bonds. The summed E-state index contributed by atoms with van der Waals surface area (Å²) in [5.74, 6) is 1.47. The average Bonchev–Trinajstić information content (AvgIpc) is 3.36. The normalized spacial score (nSPS) is 10.8. The maximum Gasteiger partial charge on any atom is 0.255 e. The zero-order valence-corrected chi connectivity index (χ0v) is 19.8. The fraction of sp³-hybridized carbons (Fsp3) is 0.115. The summed E-state index contributed by atoms with van der Waals surface area (Å²) in [4.78, 5) is 17.2. The third kappa shape index (κ3) is 4.27. The summed E-state index contributed by atoms with van der Waals surface area (Å²) < 4.78 is 17.7. The number of carbonyl (C=O) groups is 1. The van der Waals surface area contributed by atoms with Crippen molar-refractivity contribution in [2.45, 2.75) is 0 Å². The van der Waals surface area contributed by atoms with Crippen LogP contribution in [-0.4, -0.2) is 52.0 Å². The van der Waals surface area contributed by atoms with E-state index in [2.05, 4.69) is 20.5 Å². The van der Waals surface area contributed by atoms with E-state index >= 15 is 0 Å². The topological polar surface area (TPSA) is 113 Å². The molecule has 0 unspecified atom stereocenters. The fourth-order valence-corrected chi connectivity index (χ4v) is 3.74. The van der Waals surface area contributed by atoms with Crippen molar-refractivity contribution in [1.82, 2.24) is 24.8 Å². The summed E-state index contributed by atoms with van der Waals surface area (Å²) in [6.07, 6.45) is 1.70. The lowest BCUT2D eigenvalue weighted by Gasteiger charge is -2.14. The van der Waals surface area contributed by atoms with Gasteiger partial charge >= 0.3 is 0 Å². The highest BCUT2D eigenvalue weighted by molar-refractivity contribution is 6.05. The number of hydrogen-bond donors (Lipinski definition) is 1. The lowest BCUT2D eigenvalue weighted by Crippen LogP contribution is -2.12. The van der Waals surface area contributed by atoms with Crippen LogP contribution in [0.4, 0.5) is 5.69 Å². The molecule has 1 N–H and O–H groups in total. The minimum atomic E-state index is -0.314. The molecule has 0 radical (unpaired) electrons. The SMILES string of the molecule is COc1cc(C(=O)Nc2ccc(-c3ccc4nnc(-c5ccccn5)n4n3)cc2)cc(OC)c1OC. The van der Waals surface area contributed by atoms with E-state index in [0.29, 0.717) is 45.7 Å². The van der Waals surface area contributed by atoms with Crippen molar-refractivity contribution in [3.63, 3.8) is 0 Å². The summed E-state index contributed by atoms with van der Waals surface area (Å²) in [6, 6.07) is 19.9. The summed E-state index contributed by atoms with van der Waals surface area (Å²) >= 11 is 0. The third-order valence-corrected chi connectivity index (χ3v) is 5.52. The van der Waals surface area contributed by atoms with Crippen LogP contribution < -0.4 is 19.5 Å². The van der Waals surface area contributed by atoms with Gasteiger partial charge in [-0.3, -0.25) is 9.78 Å². The number of hydrogen-bond acceptors (Lipinski definition) is 8. The molecule has 3 aromatic heterocycles. The molecule has 0 aliphatic rings. The second kappa shape index (κ2) is 9.71. The molecule has 36 heavy (non-hydrogen) atoms. The second-order valence-electron chi connectivity index (χ2n) is 7.67. The highest BCUT2D eigenvalue weighted by Crippen LogP contribution is 2.38. The van der Waals surface area contributed by atoms with Crippen molar-refractivity contribution in [3.8, 4) is 40.0 Å². The van der Waals surface area contributed by atoms with E-state index in [1.54, 1.807) is 22.8 Å². The van der Waals surface area contributed by atoms with Crippen LogP contribution in [0.2, 0.25) is 0 Å². The molecule has 0 saturated carbocycles.